The van der Waals surface area contributed by atoms with Crippen molar-refractivity contribution in [2.24, 2.45) is 0 Å². The van der Waals surface area contributed by atoms with E-state index in [1.807, 2.05) is 0 Å². The third-order valence-corrected chi connectivity index (χ3v) is 14.1. The summed E-state index contributed by atoms with van der Waals surface area (Å²) in [7, 11) is 4.39. The molecule has 318 valence electrons. The van der Waals surface area contributed by atoms with Gasteiger partial charge in [-0.05, 0) is 114 Å². The second-order valence-corrected chi connectivity index (χ2v) is 22.6. The van der Waals surface area contributed by atoms with Gasteiger partial charge in [0.2, 0.25) is 0 Å². The van der Waals surface area contributed by atoms with Crippen LogP contribution in [0.1, 0.15) is 128 Å². The van der Waals surface area contributed by atoms with E-state index in [9.17, 15) is 0 Å². The van der Waals surface area contributed by atoms with Gasteiger partial charge >= 0.3 is 0 Å². The van der Waals surface area contributed by atoms with E-state index in [4.69, 9.17) is 4.74 Å². The molecule has 3 heterocycles. The molecule has 0 saturated carbocycles. The van der Waals surface area contributed by atoms with Crippen molar-refractivity contribution in [3.8, 4) is 22.6 Å². The summed E-state index contributed by atoms with van der Waals surface area (Å²) in [6.45, 7) is 30.3. The molecular formula is C57H64N4O. The van der Waals surface area contributed by atoms with Crippen LogP contribution in [0, 0.1) is 0 Å². The normalized spacial score (nSPS) is 16.1. The number of fused-ring (bicyclic) bond motifs is 10. The van der Waals surface area contributed by atoms with Gasteiger partial charge in [-0.2, -0.15) is 0 Å². The lowest BCUT2D eigenvalue weighted by Gasteiger charge is -2.46. The fourth-order valence-corrected chi connectivity index (χ4v) is 10.9. The van der Waals surface area contributed by atoms with Crippen molar-refractivity contribution in [3.63, 3.8) is 0 Å². The van der Waals surface area contributed by atoms with Crippen molar-refractivity contribution in [2.75, 3.05) is 47.0 Å². The van der Waals surface area contributed by atoms with E-state index in [2.05, 4.69) is 226 Å². The molecule has 62 heavy (non-hydrogen) atoms. The van der Waals surface area contributed by atoms with Gasteiger partial charge in [-0.15, -0.1) is 0 Å². The number of hydrogen-bond donors (Lipinski definition) is 0. The molecule has 3 aliphatic heterocycles. The first-order valence-corrected chi connectivity index (χ1v) is 22.6. The molecule has 0 N–H and O–H groups in total. The Morgan fingerprint density at radius 3 is 1.58 bits per heavy atom. The van der Waals surface area contributed by atoms with Crippen molar-refractivity contribution in [2.45, 2.75) is 110 Å². The van der Waals surface area contributed by atoms with E-state index in [0.717, 1.165) is 30.5 Å². The molecule has 0 bridgehead atoms. The molecule has 0 fully saturated rings. The Kier molecular flexibility index (Phi) is 8.58. The van der Waals surface area contributed by atoms with Crippen LogP contribution in [-0.2, 0) is 27.1 Å². The molecule has 0 unspecified atom stereocenters. The third-order valence-electron chi connectivity index (χ3n) is 14.1. The molecule has 0 saturated heterocycles. The lowest BCUT2D eigenvalue weighted by molar-refractivity contribution is 0.482. The molecule has 1 spiro atoms. The predicted molar refractivity (Wildman–Crippen MR) is 262 cm³/mol. The van der Waals surface area contributed by atoms with Gasteiger partial charge in [0.1, 0.15) is 11.5 Å². The lowest BCUT2D eigenvalue weighted by atomic mass is 9.59. The van der Waals surface area contributed by atoms with Crippen LogP contribution in [0.15, 0.2) is 109 Å². The van der Waals surface area contributed by atoms with Crippen molar-refractivity contribution >= 4 is 34.1 Å². The maximum atomic E-state index is 6.96. The van der Waals surface area contributed by atoms with E-state index in [1.165, 1.54) is 84.1 Å². The Bertz CT molecular complexity index is 2740. The van der Waals surface area contributed by atoms with Gasteiger partial charge in [-0.25, -0.2) is 0 Å². The molecule has 0 atom stereocenters. The van der Waals surface area contributed by atoms with Gasteiger partial charge in [0, 0.05) is 31.9 Å². The quantitative estimate of drug-likeness (QED) is 0.177. The molecule has 4 aliphatic rings. The summed E-state index contributed by atoms with van der Waals surface area (Å²) in [4.78, 5) is 9.64. The minimum Gasteiger partial charge on any atom is -0.457 e. The average molecular weight is 821 g/mol. The second kappa shape index (κ2) is 13.2. The Morgan fingerprint density at radius 2 is 0.984 bits per heavy atom. The molecule has 5 nitrogen and oxygen atoms in total. The van der Waals surface area contributed by atoms with Gasteiger partial charge in [-0.1, -0.05) is 144 Å². The van der Waals surface area contributed by atoms with Gasteiger partial charge in [0.25, 0.3) is 0 Å². The molecule has 5 heteroatoms. The maximum absolute atomic E-state index is 6.96. The molecule has 0 amide bonds. The highest BCUT2D eigenvalue weighted by Crippen LogP contribution is 2.68. The lowest BCUT2D eigenvalue weighted by Crippen LogP contribution is -2.40. The maximum Gasteiger partial charge on any atom is 0.129 e. The fraction of sp³-hybridized carbons (Fsp3) is 0.368. The molecule has 6 aromatic carbocycles. The smallest absolute Gasteiger partial charge is 0.129 e. The van der Waals surface area contributed by atoms with Crippen molar-refractivity contribution < 1.29 is 4.74 Å². The van der Waals surface area contributed by atoms with Crippen molar-refractivity contribution in [1.29, 1.82) is 0 Å². The number of anilines is 6. The first-order chi connectivity index (χ1) is 29.1. The summed E-state index contributed by atoms with van der Waals surface area (Å²) < 4.78 is 6.96. The highest BCUT2D eigenvalue weighted by molar-refractivity contribution is 6.00. The Morgan fingerprint density at radius 1 is 0.452 bits per heavy atom. The number of rotatable bonds is 3. The summed E-state index contributed by atoms with van der Waals surface area (Å²) in [5, 5.41) is 0. The number of benzene rings is 6. The summed E-state index contributed by atoms with van der Waals surface area (Å²) in [6.07, 6.45) is 0. The Labute approximate surface area is 371 Å². The van der Waals surface area contributed by atoms with Gasteiger partial charge in [-0.3, -0.25) is 0 Å². The van der Waals surface area contributed by atoms with E-state index in [1.54, 1.807) is 0 Å². The first kappa shape index (κ1) is 40.4. The second-order valence-electron chi connectivity index (χ2n) is 22.6. The topological polar surface area (TPSA) is 22.2 Å². The zero-order chi connectivity index (χ0) is 44.1. The minimum absolute atomic E-state index is 0.0327. The summed E-state index contributed by atoms with van der Waals surface area (Å²) in [6, 6.07) is 41.5. The van der Waals surface area contributed by atoms with E-state index < -0.39 is 5.41 Å². The minimum atomic E-state index is -0.585. The van der Waals surface area contributed by atoms with Crippen LogP contribution in [-0.4, -0.2) is 27.4 Å². The van der Waals surface area contributed by atoms with Gasteiger partial charge in [0.05, 0.1) is 47.2 Å². The first-order valence-electron chi connectivity index (χ1n) is 22.6. The highest BCUT2D eigenvalue weighted by Gasteiger charge is 2.57. The number of ether oxygens (including phenoxy) is 1. The molecular weight excluding hydrogens is 757 g/mol. The van der Waals surface area contributed by atoms with Crippen molar-refractivity contribution in [3.05, 3.63) is 154 Å². The van der Waals surface area contributed by atoms with E-state index in [-0.39, 0.29) is 21.7 Å². The average Bonchev–Trinajstić information content (AvgIpc) is 3.83. The van der Waals surface area contributed by atoms with E-state index in [0.29, 0.717) is 0 Å². The van der Waals surface area contributed by atoms with Crippen LogP contribution >= 0.6 is 0 Å². The summed E-state index contributed by atoms with van der Waals surface area (Å²) in [5.74, 6) is 1.66. The zero-order valence-electron chi connectivity index (χ0n) is 39.5. The predicted octanol–water partition coefficient (Wildman–Crippen LogP) is 14.4. The highest BCUT2D eigenvalue weighted by atomic mass is 16.5. The monoisotopic (exact) mass is 821 g/mol. The van der Waals surface area contributed by atoms with Crippen LogP contribution in [0.2, 0.25) is 0 Å². The summed E-state index contributed by atoms with van der Waals surface area (Å²) >= 11 is 0. The Hall–Kier alpha value is -5.68. The van der Waals surface area contributed by atoms with Gasteiger partial charge in [0.15, 0.2) is 0 Å². The van der Waals surface area contributed by atoms with Crippen LogP contribution in [0.25, 0.3) is 11.1 Å². The van der Waals surface area contributed by atoms with Crippen LogP contribution in [0.3, 0.4) is 0 Å². The molecule has 0 radical (unpaired) electrons. The number of para-hydroxylation sites is 3. The van der Waals surface area contributed by atoms with Gasteiger partial charge < -0.3 is 24.3 Å². The molecule has 0 aromatic heterocycles. The molecule has 10 rings (SSSR count). The fourth-order valence-electron chi connectivity index (χ4n) is 10.9. The van der Waals surface area contributed by atoms with Crippen LogP contribution in [0.4, 0.5) is 34.1 Å². The third kappa shape index (κ3) is 5.86. The van der Waals surface area contributed by atoms with E-state index >= 15 is 0 Å². The largest absolute Gasteiger partial charge is 0.457 e. The molecule has 1 aliphatic carbocycles. The number of hydrogen-bond acceptors (Lipinski definition) is 5. The van der Waals surface area contributed by atoms with Crippen LogP contribution < -0.4 is 24.3 Å². The zero-order valence-corrected chi connectivity index (χ0v) is 39.5. The Balaban J connectivity index is 1.26. The van der Waals surface area contributed by atoms with Crippen molar-refractivity contribution in [1.82, 2.24) is 0 Å². The van der Waals surface area contributed by atoms with Crippen LogP contribution in [0.5, 0.6) is 11.5 Å². The summed E-state index contributed by atoms with van der Waals surface area (Å²) in [5.41, 5.74) is 20.3. The number of nitrogens with zero attached hydrogens (tertiary/aromatic N) is 4. The standard InChI is InChI=1S/C57H64N4O/c1-53(2,3)35-27-40-41-28-36(54(4,5)6)30-45(56(10,11)12)51(41)57(50(40)44(29-35)55(7,8)9)42-26-25-39(32-49(42)61-34-59(14)48-24-18-21-43(57)52(48)61)62-38-20-17-19-37(31-38)60-33-58(13)46-22-15-16-23-47(46)60/h15-32H,33-34H2,1-14H3. The molecule has 6 aromatic rings. The SMILES string of the molecule is CN1CN(c2cccc(Oc3ccc4c(c3)N3CN(C)c5cccc(c53)C43c4c(cc(C(C)(C)C)cc4C(C)(C)C)-c4cc(C(C)(C)C)cc(C(C)(C)C)c43)c2)c2ccccc21.